The van der Waals surface area contributed by atoms with Gasteiger partial charge in [-0.05, 0) is 75.4 Å². The van der Waals surface area contributed by atoms with Crippen molar-refractivity contribution in [2.75, 3.05) is 26.7 Å². The second kappa shape index (κ2) is 8.11. The van der Waals surface area contributed by atoms with E-state index < -0.39 is 0 Å². The SMILES string of the molecule is COc1ccc(F)cc1CC[C@H]1CC[C@H](CN2CCCCC2)O1. The molecule has 0 spiro atoms. The van der Waals surface area contributed by atoms with Crippen LogP contribution in [0.5, 0.6) is 5.75 Å². The summed E-state index contributed by atoms with van der Waals surface area (Å²) in [6.45, 7) is 3.54. The van der Waals surface area contributed by atoms with Crippen LogP contribution in [0.1, 0.15) is 44.1 Å². The Balaban J connectivity index is 1.45. The summed E-state index contributed by atoms with van der Waals surface area (Å²) in [5.74, 6) is 0.574. The van der Waals surface area contributed by atoms with Gasteiger partial charge in [0.15, 0.2) is 0 Å². The predicted molar refractivity (Wildman–Crippen MR) is 89.5 cm³/mol. The number of ether oxygens (including phenoxy) is 2. The van der Waals surface area contributed by atoms with Crippen LogP contribution in [0.15, 0.2) is 18.2 Å². The smallest absolute Gasteiger partial charge is 0.123 e. The van der Waals surface area contributed by atoms with Crippen LogP contribution >= 0.6 is 0 Å². The molecule has 0 N–H and O–H groups in total. The monoisotopic (exact) mass is 321 g/mol. The maximum absolute atomic E-state index is 13.4. The van der Waals surface area contributed by atoms with Gasteiger partial charge in [-0.15, -0.1) is 0 Å². The van der Waals surface area contributed by atoms with Crippen molar-refractivity contribution in [3.63, 3.8) is 0 Å². The minimum atomic E-state index is -0.198. The molecule has 0 aromatic heterocycles. The summed E-state index contributed by atoms with van der Waals surface area (Å²) in [7, 11) is 1.64. The lowest BCUT2D eigenvalue weighted by atomic mass is 10.0. The van der Waals surface area contributed by atoms with E-state index in [1.807, 2.05) is 0 Å². The van der Waals surface area contributed by atoms with Crippen LogP contribution in [-0.4, -0.2) is 43.9 Å². The molecule has 2 fully saturated rings. The first-order valence-corrected chi connectivity index (χ1v) is 8.95. The summed E-state index contributed by atoms with van der Waals surface area (Å²) in [6.07, 6.45) is 8.74. The minimum absolute atomic E-state index is 0.198. The Morgan fingerprint density at radius 1 is 1.17 bits per heavy atom. The van der Waals surface area contributed by atoms with Crippen LogP contribution in [0.3, 0.4) is 0 Å². The number of halogens is 1. The van der Waals surface area contributed by atoms with Gasteiger partial charge in [-0.3, -0.25) is 0 Å². The molecule has 0 bridgehead atoms. The maximum atomic E-state index is 13.4. The average molecular weight is 321 g/mol. The van der Waals surface area contributed by atoms with E-state index in [-0.39, 0.29) is 5.82 Å². The number of likely N-dealkylation sites (tertiary alicyclic amines) is 1. The Morgan fingerprint density at radius 2 is 1.96 bits per heavy atom. The van der Waals surface area contributed by atoms with Gasteiger partial charge in [0.2, 0.25) is 0 Å². The van der Waals surface area contributed by atoms with Crippen molar-refractivity contribution in [2.24, 2.45) is 0 Å². The number of hydrogen-bond donors (Lipinski definition) is 0. The van der Waals surface area contributed by atoms with Gasteiger partial charge in [0.05, 0.1) is 19.3 Å². The number of aryl methyl sites for hydroxylation is 1. The molecule has 128 valence electrons. The molecular formula is C19H28FNO2. The number of piperidine rings is 1. The summed E-state index contributed by atoms with van der Waals surface area (Å²) in [5, 5.41) is 0. The number of methoxy groups -OCH3 is 1. The third-order valence-electron chi connectivity index (χ3n) is 5.08. The molecular weight excluding hydrogens is 293 g/mol. The van der Waals surface area contributed by atoms with Crippen molar-refractivity contribution < 1.29 is 13.9 Å². The number of benzene rings is 1. The van der Waals surface area contributed by atoms with Crippen molar-refractivity contribution in [1.29, 1.82) is 0 Å². The van der Waals surface area contributed by atoms with E-state index in [4.69, 9.17) is 9.47 Å². The number of rotatable bonds is 6. The molecule has 2 atom stereocenters. The van der Waals surface area contributed by atoms with Gasteiger partial charge in [-0.1, -0.05) is 6.42 Å². The van der Waals surface area contributed by atoms with E-state index in [9.17, 15) is 4.39 Å². The molecule has 2 heterocycles. The van der Waals surface area contributed by atoms with E-state index >= 15 is 0 Å². The molecule has 0 amide bonds. The first-order valence-electron chi connectivity index (χ1n) is 8.95. The average Bonchev–Trinajstić information content (AvgIpc) is 3.01. The molecule has 1 aromatic carbocycles. The van der Waals surface area contributed by atoms with Crippen molar-refractivity contribution >= 4 is 0 Å². The zero-order chi connectivity index (χ0) is 16.1. The Bertz CT molecular complexity index is 502. The largest absolute Gasteiger partial charge is 0.496 e. The summed E-state index contributed by atoms with van der Waals surface area (Å²) >= 11 is 0. The number of hydrogen-bond acceptors (Lipinski definition) is 3. The summed E-state index contributed by atoms with van der Waals surface area (Å²) in [6, 6.07) is 4.74. The molecule has 2 aliphatic rings. The Labute approximate surface area is 138 Å². The van der Waals surface area contributed by atoms with Crippen molar-refractivity contribution in [2.45, 2.75) is 57.2 Å². The third kappa shape index (κ3) is 4.67. The van der Waals surface area contributed by atoms with E-state index in [2.05, 4.69) is 4.90 Å². The predicted octanol–water partition coefficient (Wildman–Crippen LogP) is 3.80. The molecule has 1 aromatic rings. The molecule has 2 aliphatic heterocycles. The summed E-state index contributed by atoms with van der Waals surface area (Å²) in [4.78, 5) is 2.55. The lowest BCUT2D eigenvalue weighted by Crippen LogP contribution is -2.36. The fraction of sp³-hybridized carbons (Fsp3) is 0.684. The van der Waals surface area contributed by atoms with Gasteiger partial charge < -0.3 is 14.4 Å². The minimum Gasteiger partial charge on any atom is -0.496 e. The van der Waals surface area contributed by atoms with Crippen LogP contribution in [0.25, 0.3) is 0 Å². The molecule has 0 unspecified atom stereocenters. The molecule has 2 saturated heterocycles. The fourth-order valence-corrected chi connectivity index (χ4v) is 3.82. The van der Waals surface area contributed by atoms with Crippen LogP contribution in [0, 0.1) is 5.82 Å². The highest BCUT2D eigenvalue weighted by atomic mass is 19.1. The van der Waals surface area contributed by atoms with Crippen LogP contribution in [-0.2, 0) is 11.2 Å². The summed E-state index contributed by atoms with van der Waals surface area (Å²) < 4.78 is 25.0. The highest BCUT2D eigenvalue weighted by molar-refractivity contribution is 5.34. The second-order valence-electron chi connectivity index (χ2n) is 6.81. The fourth-order valence-electron chi connectivity index (χ4n) is 3.82. The summed E-state index contributed by atoms with van der Waals surface area (Å²) in [5.41, 5.74) is 0.940. The molecule has 0 aliphatic carbocycles. The zero-order valence-corrected chi connectivity index (χ0v) is 14.1. The quantitative estimate of drug-likeness (QED) is 0.795. The Kier molecular flexibility index (Phi) is 5.90. The van der Waals surface area contributed by atoms with Gasteiger partial charge in [-0.2, -0.15) is 0 Å². The first kappa shape index (κ1) is 16.7. The first-order chi connectivity index (χ1) is 11.2. The maximum Gasteiger partial charge on any atom is 0.123 e. The molecule has 0 radical (unpaired) electrons. The van der Waals surface area contributed by atoms with E-state index in [1.165, 1.54) is 38.4 Å². The van der Waals surface area contributed by atoms with Crippen LogP contribution < -0.4 is 4.74 Å². The highest BCUT2D eigenvalue weighted by Gasteiger charge is 2.27. The lowest BCUT2D eigenvalue weighted by molar-refractivity contribution is 0.0162. The van der Waals surface area contributed by atoms with Gasteiger partial charge in [0.25, 0.3) is 0 Å². The van der Waals surface area contributed by atoms with Gasteiger partial charge >= 0.3 is 0 Å². The standard InChI is InChI=1S/C19H28FNO2/c1-22-19-10-6-16(20)13-15(19)5-7-17-8-9-18(23-17)14-21-11-3-2-4-12-21/h6,10,13,17-18H,2-5,7-9,11-12,14H2,1H3/t17-,18+/m0/s1. The van der Waals surface area contributed by atoms with Crippen molar-refractivity contribution in [1.82, 2.24) is 4.90 Å². The third-order valence-corrected chi connectivity index (χ3v) is 5.08. The molecule has 3 nitrogen and oxygen atoms in total. The van der Waals surface area contributed by atoms with Crippen LogP contribution in [0.4, 0.5) is 4.39 Å². The van der Waals surface area contributed by atoms with Gasteiger partial charge in [0.1, 0.15) is 11.6 Å². The lowest BCUT2D eigenvalue weighted by Gasteiger charge is -2.28. The molecule has 3 rings (SSSR count). The highest BCUT2D eigenvalue weighted by Crippen LogP contribution is 2.27. The topological polar surface area (TPSA) is 21.7 Å². The zero-order valence-electron chi connectivity index (χ0n) is 14.1. The van der Waals surface area contributed by atoms with Crippen molar-refractivity contribution in [3.8, 4) is 5.75 Å². The van der Waals surface area contributed by atoms with E-state index in [0.717, 1.165) is 43.5 Å². The molecule has 0 saturated carbocycles. The molecule has 4 heteroatoms. The van der Waals surface area contributed by atoms with Crippen molar-refractivity contribution in [3.05, 3.63) is 29.6 Å². The second-order valence-corrected chi connectivity index (χ2v) is 6.81. The van der Waals surface area contributed by atoms with Gasteiger partial charge in [-0.25, -0.2) is 4.39 Å². The van der Waals surface area contributed by atoms with E-state index in [0.29, 0.717) is 12.2 Å². The van der Waals surface area contributed by atoms with Crippen LogP contribution in [0.2, 0.25) is 0 Å². The Hall–Kier alpha value is -1.13. The van der Waals surface area contributed by atoms with Gasteiger partial charge in [0, 0.05) is 6.54 Å². The normalized spacial score (nSPS) is 25.7. The van der Waals surface area contributed by atoms with E-state index in [1.54, 1.807) is 19.2 Å². The molecule has 23 heavy (non-hydrogen) atoms. The number of nitrogens with zero attached hydrogens (tertiary/aromatic N) is 1. The Morgan fingerprint density at radius 3 is 2.74 bits per heavy atom.